The Morgan fingerprint density at radius 2 is 2.29 bits per heavy atom. The van der Waals surface area contributed by atoms with Gasteiger partial charge in [0.1, 0.15) is 5.82 Å². The van der Waals surface area contributed by atoms with Crippen LogP contribution in [0.2, 0.25) is 0 Å². The van der Waals surface area contributed by atoms with Crippen LogP contribution < -0.4 is 16.2 Å². The molecule has 2 fully saturated rings. The number of carbonyl (C=O) groups excluding carboxylic acids is 2. The summed E-state index contributed by atoms with van der Waals surface area (Å²) in [6, 6.07) is 5.82. The van der Waals surface area contributed by atoms with Crippen LogP contribution in [0, 0.1) is 11.7 Å². The first-order valence-electron chi connectivity index (χ1n) is 8.40. The van der Waals surface area contributed by atoms with Crippen LogP contribution in [0.4, 0.5) is 4.39 Å². The lowest BCUT2D eigenvalue weighted by Crippen LogP contribution is -2.42. The molecule has 1 aromatic carbocycles. The Labute approximate surface area is 140 Å². The molecule has 0 bridgehead atoms. The molecule has 2 amide bonds. The highest BCUT2D eigenvalue weighted by atomic mass is 19.1. The molecule has 3 N–H and O–H groups in total. The molecule has 0 aromatic heterocycles. The smallest absolute Gasteiger partial charge is 0.226 e. The third kappa shape index (κ3) is 3.57. The molecule has 0 radical (unpaired) electrons. The van der Waals surface area contributed by atoms with E-state index in [1.165, 1.54) is 12.1 Å². The Bertz CT molecular complexity index is 624. The van der Waals surface area contributed by atoms with Crippen LogP contribution in [-0.4, -0.2) is 42.4 Å². The highest BCUT2D eigenvalue weighted by Gasteiger charge is 2.37. The molecular formula is C17H23FN4O2. The van der Waals surface area contributed by atoms with Gasteiger partial charge in [-0.25, -0.2) is 9.82 Å². The lowest BCUT2D eigenvalue weighted by atomic mass is 9.94. The fraction of sp³-hybridized carbons (Fsp3) is 0.529. The van der Waals surface area contributed by atoms with Gasteiger partial charge in [0.2, 0.25) is 11.8 Å². The molecule has 2 aliphatic rings. The first-order chi connectivity index (χ1) is 11.6. The van der Waals surface area contributed by atoms with Crippen LogP contribution >= 0.6 is 0 Å². The number of amides is 2. The van der Waals surface area contributed by atoms with Crippen molar-refractivity contribution in [3.05, 3.63) is 35.6 Å². The molecule has 24 heavy (non-hydrogen) atoms. The topological polar surface area (TPSA) is 73.5 Å². The average Bonchev–Trinajstić information content (AvgIpc) is 3.15. The van der Waals surface area contributed by atoms with Crippen molar-refractivity contribution in [3.8, 4) is 0 Å². The number of likely N-dealkylation sites (tertiary alicyclic amines) is 1. The zero-order valence-electron chi connectivity index (χ0n) is 13.7. The van der Waals surface area contributed by atoms with Crippen molar-refractivity contribution in [1.82, 2.24) is 21.1 Å². The zero-order valence-corrected chi connectivity index (χ0v) is 13.7. The molecular weight excluding hydrogens is 311 g/mol. The van der Waals surface area contributed by atoms with Crippen LogP contribution in [-0.2, 0) is 9.59 Å². The number of hydrogen-bond acceptors (Lipinski definition) is 4. The second-order valence-corrected chi connectivity index (χ2v) is 6.41. The number of hydrazine groups is 1. The van der Waals surface area contributed by atoms with E-state index >= 15 is 0 Å². The predicted octanol–water partition coefficient (Wildman–Crippen LogP) is 0.718. The van der Waals surface area contributed by atoms with Gasteiger partial charge in [-0.15, -0.1) is 0 Å². The molecule has 2 saturated heterocycles. The molecule has 7 heteroatoms. The minimum absolute atomic E-state index is 0.0894. The number of benzene rings is 1. The van der Waals surface area contributed by atoms with Gasteiger partial charge >= 0.3 is 0 Å². The molecule has 0 aliphatic carbocycles. The van der Waals surface area contributed by atoms with Crippen molar-refractivity contribution in [2.75, 3.05) is 19.6 Å². The number of hydrogen-bond donors (Lipinski definition) is 3. The van der Waals surface area contributed by atoms with Crippen LogP contribution in [0.1, 0.15) is 31.4 Å². The van der Waals surface area contributed by atoms with Gasteiger partial charge in [-0.05, 0) is 24.1 Å². The van der Waals surface area contributed by atoms with Gasteiger partial charge in [0.15, 0.2) is 0 Å². The third-order valence-electron chi connectivity index (χ3n) is 4.58. The van der Waals surface area contributed by atoms with Crippen molar-refractivity contribution >= 4 is 11.8 Å². The summed E-state index contributed by atoms with van der Waals surface area (Å²) in [5.74, 6) is -0.691. The molecule has 130 valence electrons. The molecule has 2 aliphatic heterocycles. The normalized spacial score (nSPS) is 26.8. The molecule has 3 unspecified atom stereocenters. The summed E-state index contributed by atoms with van der Waals surface area (Å²) in [5.41, 5.74) is 6.74. The summed E-state index contributed by atoms with van der Waals surface area (Å²) < 4.78 is 13.4. The van der Waals surface area contributed by atoms with Crippen LogP contribution in [0.25, 0.3) is 0 Å². The fourth-order valence-corrected chi connectivity index (χ4v) is 3.42. The monoisotopic (exact) mass is 334 g/mol. The second-order valence-electron chi connectivity index (χ2n) is 6.41. The molecule has 2 heterocycles. The zero-order chi connectivity index (χ0) is 17.1. The summed E-state index contributed by atoms with van der Waals surface area (Å²) in [4.78, 5) is 26.3. The maximum Gasteiger partial charge on any atom is 0.226 e. The van der Waals surface area contributed by atoms with Gasteiger partial charge in [0.05, 0.1) is 18.0 Å². The maximum atomic E-state index is 13.4. The van der Waals surface area contributed by atoms with Crippen molar-refractivity contribution in [3.63, 3.8) is 0 Å². The summed E-state index contributed by atoms with van der Waals surface area (Å²) in [6.45, 7) is 3.78. The molecule has 3 atom stereocenters. The molecule has 3 rings (SSSR count). The fourth-order valence-electron chi connectivity index (χ4n) is 3.42. The number of carbonyl (C=O) groups is 2. The van der Waals surface area contributed by atoms with Crippen molar-refractivity contribution in [2.24, 2.45) is 5.92 Å². The largest absolute Gasteiger partial charge is 0.351 e. The minimum atomic E-state index is -0.345. The highest BCUT2D eigenvalue weighted by molar-refractivity contribution is 5.84. The average molecular weight is 334 g/mol. The van der Waals surface area contributed by atoms with E-state index < -0.39 is 0 Å². The summed E-state index contributed by atoms with van der Waals surface area (Å²) in [5, 5.41) is 2.98. The summed E-state index contributed by atoms with van der Waals surface area (Å²) in [6.07, 6.45) is 1.26. The van der Waals surface area contributed by atoms with E-state index in [1.807, 2.05) is 6.92 Å². The molecule has 6 nitrogen and oxygen atoms in total. The third-order valence-corrected chi connectivity index (χ3v) is 4.58. The second kappa shape index (κ2) is 7.27. The Morgan fingerprint density at radius 1 is 1.46 bits per heavy atom. The quantitative estimate of drug-likeness (QED) is 0.742. The Hall–Kier alpha value is -1.99. The number of rotatable bonds is 5. The minimum Gasteiger partial charge on any atom is -0.351 e. The van der Waals surface area contributed by atoms with Crippen LogP contribution in [0.5, 0.6) is 0 Å². The van der Waals surface area contributed by atoms with E-state index in [0.29, 0.717) is 19.5 Å². The summed E-state index contributed by atoms with van der Waals surface area (Å²) in [7, 11) is 0. The number of nitrogens with one attached hydrogen (secondary N) is 3. The first-order valence-corrected chi connectivity index (χ1v) is 8.40. The molecule has 1 aromatic rings. The Balaban J connectivity index is 1.63. The van der Waals surface area contributed by atoms with Crippen molar-refractivity contribution in [2.45, 2.75) is 31.8 Å². The lowest BCUT2D eigenvalue weighted by molar-refractivity contribution is -0.127. The van der Waals surface area contributed by atoms with Crippen LogP contribution in [0.3, 0.4) is 0 Å². The van der Waals surface area contributed by atoms with Gasteiger partial charge in [0, 0.05) is 26.1 Å². The SMILES string of the molecule is CCCN1CC(NC(=O)C2CNNC2c2cccc(F)c2)CC1=O. The van der Waals surface area contributed by atoms with E-state index in [0.717, 1.165) is 18.5 Å². The van der Waals surface area contributed by atoms with E-state index in [9.17, 15) is 14.0 Å². The number of halogens is 1. The molecule has 0 saturated carbocycles. The van der Waals surface area contributed by atoms with Gasteiger partial charge in [-0.3, -0.25) is 15.0 Å². The standard InChI is InChI=1S/C17H23FN4O2/c1-2-6-22-10-13(8-15(22)23)20-17(24)14-9-19-21-16(14)11-4-3-5-12(18)7-11/h3-5,7,13-14,16,19,21H,2,6,8-10H2,1H3,(H,20,24). The van der Waals surface area contributed by atoms with Crippen molar-refractivity contribution in [1.29, 1.82) is 0 Å². The van der Waals surface area contributed by atoms with Gasteiger partial charge in [-0.2, -0.15) is 0 Å². The van der Waals surface area contributed by atoms with Crippen LogP contribution in [0.15, 0.2) is 24.3 Å². The number of nitrogens with zero attached hydrogens (tertiary/aromatic N) is 1. The van der Waals surface area contributed by atoms with E-state index in [2.05, 4.69) is 16.2 Å². The van der Waals surface area contributed by atoms with Gasteiger partial charge < -0.3 is 10.2 Å². The Morgan fingerprint density at radius 3 is 3.04 bits per heavy atom. The summed E-state index contributed by atoms with van der Waals surface area (Å²) >= 11 is 0. The predicted molar refractivity (Wildman–Crippen MR) is 87.2 cm³/mol. The highest BCUT2D eigenvalue weighted by Crippen LogP contribution is 2.26. The van der Waals surface area contributed by atoms with Gasteiger partial charge in [0.25, 0.3) is 0 Å². The molecule has 0 spiro atoms. The van der Waals surface area contributed by atoms with E-state index in [4.69, 9.17) is 0 Å². The lowest BCUT2D eigenvalue weighted by Gasteiger charge is -2.21. The van der Waals surface area contributed by atoms with Crippen molar-refractivity contribution < 1.29 is 14.0 Å². The Kier molecular flexibility index (Phi) is 5.11. The maximum absolute atomic E-state index is 13.4. The first kappa shape index (κ1) is 16.9. The van der Waals surface area contributed by atoms with E-state index in [-0.39, 0.29) is 35.6 Å². The van der Waals surface area contributed by atoms with Gasteiger partial charge in [-0.1, -0.05) is 19.1 Å². The van der Waals surface area contributed by atoms with E-state index in [1.54, 1.807) is 17.0 Å².